The molecule has 1 aromatic carbocycles. The summed E-state index contributed by atoms with van der Waals surface area (Å²) in [5, 5.41) is 7.59. The van der Waals surface area contributed by atoms with Crippen LogP contribution in [0.4, 0.5) is 0 Å². The van der Waals surface area contributed by atoms with Gasteiger partial charge in [-0.2, -0.15) is 8.42 Å². The molecule has 0 aromatic heterocycles. The summed E-state index contributed by atoms with van der Waals surface area (Å²) in [6.45, 7) is 0. The molecule has 0 aliphatic heterocycles. The van der Waals surface area contributed by atoms with E-state index in [2.05, 4.69) is 0 Å². The van der Waals surface area contributed by atoms with Crippen LogP contribution in [-0.4, -0.2) is 29.9 Å². The van der Waals surface area contributed by atoms with Crippen LogP contribution < -0.4 is 0 Å². The zero-order chi connectivity index (χ0) is 11.9. The van der Waals surface area contributed by atoms with Gasteiger partial charge < -0.3 is 5.11 Å². The highest BCUT2D eigenvalue weighted by Gasteiger charge is 2.05. The molecule has 84 valence electrons. The summed E-state index contributed by atoms with van der Waals surface area (Å²) in [6.07, 6.45) is 0. The normalized spacial score (nSPS) is 10.0. The minimum atomic E-state index is -4.00. The summed E-state index contributed by atoms with van der Waals surface area (Å²) < 4.78 is 29.2. The van der Waals surface area contributed by atoms with Gasteiger partial charge in [-0.25, -0.2) is 0 Å². The standard InChI is InChI=1S/C6H6O3S.C2H3ClO2/c7-10(8,9)6-4-2-1-3-5-6;3-1-2(4)5/h1-5H,(H,7,8,9);1H2,(H,4,5). The first-order valence-corrected chi connectivity index (χ1v) is 5.65. The van der Waals surface area contributed by atoms with Gasteiger partial charge in [0.25, 0.3) is 10.1 Å². The summed E-state index contributed by atoms with van der Waals surface area (Å²) in [6, 6.07) is 7.42. The van der Waals surface area contributed by atoms with Crippen LogP contribution in [0.25, 0.3) is 0 Å². The van der Waals surface area contributed by atoms with E-state index in [9.17, 15) is 13.2 Å². The molecule has 2 N–H and O–H groups in total. The number of carboxylic acid groups (broad SMARTS) is 1. The molecule has 0 aliphatic rings. The van der Waals surface area contributed by atoms with E-state index >= 15 is 0 Å². The van der Waals surface area contributed by atoms with Gasteiger partial charge in [-0.3, -0.25) is 9.35 Å². The monoisotopic (exact) mass is 252 g/mol. The van der Waals surface area contributed by atoms with Gasteiger partial charge in [0, 0.05) is 0 Å². The van der Waals surface area contributed by atoms with Gasteiger partial charge >= 0.3 is 5.97 Å². The van der Waals surface area contributed by atoms with Crippen LogP contribution in [-0.2, 0) is 14.9 Å². The van der Waals surface area contributed by atoms with Crippen molar-refractivity contribution in [1.82, 2.24) is 0 Å². The SMILES string of the molecule is O=C(O)CCl.O=S(=O)(O)c1ccccc1. The summed E-state index contributed by atoms with van der Waals surface area (Å²) in [7, 11) is -4.00. The Morgan fingerprint density at radius 1 is 1.27 bits per heavy atom. The van der Waals surface area contributed by atoms with E-state index in [0.717, 1.165) is 0 Å². The maximum Gasteiger partial charge on any atom is 0.318 e. The lowest BCUT2D eigenvalue weighted by Crippen LogP contribution is -1.96. The van der Waals surface area contributed by atoms with E-state index in [0.29, 0.717) is 0 Å². The van der Waals surface area contributed by atoms with Crippen LogP contribution in [0.5, 0.6) is 0 Å². The van der Waals surface area contributed by atoms with Crippen molar-refractivity contribution < 1.29 is 22.9 Å². The average molecular weight is 253 g/mol. The third-order valence-corrected chi connectivity index (χ3v) is 2.25. The number of alkyl halides is 1. The number of carboxylic acids is 1. The zero-order valence-corrected chi connectivity index (χ0v) is 9.07. The number of carbonyl (C=O) groups is 1. The first-order valence-electron chi connectivity index (χ1n) is 3.68. The number of aliphatic carboxylic acids is 1. The number of rotatable bonds is 2. The molecule has 0 bridgehead atoms. The molecular weight excluding hydrogens is 244 g/mol. The molecule has 1 rings (SSSR count). The number of hydrogen-bond donors (Lipinski definition) is 2. The van der Waals surface area contributed by atoms with E-state index in [1.54, 1.807) is 18.2 Å². The van der Waals surface area contributed by atoms with Crippen molar-refractivity contribution in [2.45, 2.75) is 4.90 Å². The fourth-order valence-electron chi connectivity index (χ4n) is 0.592. The molecule has 0 radical (unpaired) electrons. The van der Waals surface area contributed by atoms with Gasteiger partial charge in [0.1, 0.15) is 5.88 Å². The quantitative estimate of drug-likeness (QED) is 0.610. The van der Waals surface area contributed by atoms with Crippen LogP contribution in [0, 0.1) is 0 Å². The highest BCUT2D eigenvalue weighted by Crippen LogP contribution is 2.05. The van der Waals surface area contributed by atoms with Crippen molar-refractivity contribution in [3.63, 3.8) is 0 Å². The van der Waals surface area contributed by atoms with Crippen LogP contribution in [0.1, 0.15) is 0 Å². The topological polar surface area (TPSA) is 91.7 Å². The van der Waals surface area contributed by atoms with Crippen molar-refractivity contribution in [2.75, 3.05) is 5.88 Å². The lowest BCUT2D eigenvalue weighted by molar-refractivity contribution is -0.134. The highest BCUT2D eigenvalue weighted by atomic mass is 35.5. The summed E-state index contributed by atoms with van der Waals surface area (Å²) >= 11 is 4.74. The maximum absolute atomic E-state index is 10.4. The van der Waals surface area contributed by atoms with E-state index < -0.39 is 16.1 Å². The molecule has 0 spiro atoms. The smallest absolute Gasteiger partial charge is 0.318 e. The molecule has 1 aromatic rings. The third kappa shape index (κ3) is 6.89. The van der Waals surface area contributed by atoms with Gasteiger partial charge in [0.05, 0.1) is 4.90 Å². The molecule has 0 unspecified atom stereocenters. The van der Waals surface area contributed by atoms with Gasteiger partial charge in [-0.15, -0.1) is 11.6 Å². The van der Waals surface area contributed by atoms with Crippen molar-refractivity contribution in [3.05, 3.63) is 30.3 Å². The number of hydrogen-bond acceptors (Lipinski definition) is 3. The molecular formula is C8H9ClO5S. The summed E-state index contributed by atoms with van der Waals surface area (Å²) in [5.74, 6) is -1.29. The molecule has 0 amide bonds. The summed E-state index contributed by atoms with van der Waals surface area (Å²) in [5.41, 5.74) is 0. The molecule has 0 heterocycles. The Bertz CT molecular complexity index is 400. The van der Waals surface area contributed by atoms with E-state index in [4.69, 9.17) is 21.3 Å². The van der Waals surface area contributed by atoms with Crippen LogP contribution in [0.2, 0.25) is 0 Å². The molecule has 15 heavy (non-hydrogen) atoms. The minimum absolute atomic E-state index is 0.0741. The fraction of sp³-hybridized carbons (Fsp3) is 0.125. The predicted molar refractivity (Wildman–Crippen MR) is 54.6 cm³/mol. The Kier molecular flexibility index (Phi) is 5.92. The Morgan fingerprint density at radius 3 is 1.87 bits per heavy atom. The lowest BCUT2D eigenvalue weighted by Gasteiger charge is -1.92. The summed E-state index contributed by atoms with van der Waals surface area (Å²) in [4.78, 5) is 9.16. The predicted octanol–water partition coefficient (Wildman–Crippen LogP) is 1.24. The van der Waals surface area contributed by atoms with Crippen molar-refractivity contribution in [3.8, 4) is 0 Å². The first-order chi connectivity index (χ1) is 6.88. The van der Waals surface area contributed by atoms with E-state index in [1.165, 1.54) is 12.1 Å². The molecule has 0 saturated heterocycles. The Balaban J connectivity index is 0.000000336. The molecule has 0 atom stereocenters. The Morgan fingerprint density at radius 2 is 1.67 bits per heavy atom. The van der Waals surface area contributed by atoms with E-state index in [-0.39, 0.29) is 10.8 Å². The van der Waals surface area contributed by atoms with Crippen molar-refractivity contribution >= 4 is 27.7 Å². The van der Waals surface area contributed by atoms with Crippen molar-refractivity contribution in [1.29, 1.82) is 0 Å². The van der Waals surface area contributed by atoms with Crippen LogP contribution in [0.3, 0.4) is 0 Å². The highest BCUT2D eigenvalue weighted by molar-refractivity contribution is 7.85. The Hall–Kier alpha value is -1.11. The lowest BCUT2D eigenvalue weighted by atomic mass is 10.4. The largest absolute Gasteiger partial charge is 0.480 e. The molecule has 7 heteroatoms. The van der Waals surface area contributed by atoms with Crippen molar-refractivity contribution in [2.24, 2.45) is 0 Å². The van der Waals surface area contributed by atoms with Crippen LogP contribution in [0.15, 0.2) is 35.2 Å². The Labute approximate surface area is 92.1 Å². The molecule has 0 aliphatic carbocycles. The second-order valence-corrected chi connectivity index (χ2v) is 4.00. The van der Waals surface area contributed by atoms with Gasteiger partial charge in [-0.1, -0.05) is 18.2 Å². The third-order valence-electron chi connectivity index (χ3n) is 1.16. The number of halogens is 1. The number of benzene rings is 1. The fourth-order valence-corrected chi connectivity index (χ4v) is 1.09. The maximum atomic E-state index is 10.4. The van der Waals surface area contributed by atoms with Gasteiger partial charge in [-0.05, 0) is 12.1 Å². The van der Waals surface area contributed by atoms with E-state index in [1.807, 2.05) is 0 Å². The van der Waals surface area contributed by atoms with Crippen LogP contribution >= 0.6 is 11.6 Å². The second kappa shape index (κ2) is 6.39. The molecule has 0 saturated carbocycles. The molecule has 5 nitrogen and oxygen atoms in total. The molecule has 0 fully saturated rings. The second-order valence-electron chi connectivity index (χ2n) is 2.32. The zero-order valence-electron chi connectivity index (χ0n) is 7.50. The van der Waals surface area contributed by atoms with Gasteiger partial charge in [0.2, 0.25) is 0 Å². The first kappa shape index (κ1) is 13.9. The average Bonchev–Trinajstić information content (AvgIpc) is 2.19. The minimum Gasteiger partial charge on any atom is -0.480 e. The van der Waals surface area contributed by atoms with Gasteiger partial charge in [0.15, 0.2) is 0 Å².